The molecule has 18 heavy (non-hydrogen) atoms. The molecule has 1 aromatic rings. The number of hydrogen-bond donors (Lipinski definition) is 1. The summed E-state index contributed by atoms with van der Waals surface area (Å²) in [5.41, 5.74) is 3.41. The summed E-state index contributed by atoms with van der Waals surface area (Å²) in [6.45, 7) is 4.62. The van der Waals surface area contributed by atoms with E-state index >= 15 is 0 Å². The van der Waals surface area contributed by atoms with E-state index in [0.717, 1.165) is 24.2 Å². The molecule has 0 saturated heterocycles. The maximum absolute atomic E-state index is 11.3. The van der Waals surface area contributed by atoms with Gasteiger partial charge in [0.05, 0.1) is 12.8 Å². The number of ether oxygens (including phenoxy) is 1. The Bertz CT molecular complexity index is 403. The first kappa shape index (κ1) is 14.2. The Morgan fingerprint density at radius 2 is 2.28 bits per heavy atom. The van der Waals surface area contributed by atoms with Gasteiger partial charge in [0.1, 0.15) is 5.75 Å². The molecule has 1 aromatic carbocycles. The van der Waals surface area contributed by atoms with Crippen LogP contribution in [0, 0.1) is 0 Å². The normalized spacial score (nSPS) is 10.6. The number of nitrogens with one attached hydrogen (secondary N) is 1. The average Bonchev–Trinajstić information content (AvgIpc) is 2.37. The highest BCUT2D eigenvalue weighted by molar-refractivity contribution is 5.82. The minimum absolute atomic E-state index is 0.0472. The second-order valence-corrected chi connectivity index (χ2v) is 3.90. The zero-order chi connectivity index (χ0) is 13.2. The van der Waals surface area contributed by atoms with Crippen LogP contribution in [0.25, 0.3) is 0 Å². The Morgan fingerprint density at radius 3 is 3.00 bits per heavy atom. The molecule has 0 spiro atoms. The zero-order valence-electron chi connectivity index (χ0n) is 11.0. The minimum atomic E-state index is -0.0472. The minimum Gasteiger partial charge on any atom is -0.494 e. The third kappa shape index (κ3) is 5.48. The molecular weight excluding hydrogens is 228 g/mol. The van der Waals surface area contributed by atoms with Crippen LogP contribution in [0.1, 0.15) is 38.7 Å². The monoisotopic (exact) mass is 248 g/mol. The van der Waals surface area contributed by atoms with Gasteiger partial charge in [0.25, 0.3) is 0 Å². The van der Waals surface area contributed by atoms with E-state index in [1.165, 1.54) is 0 Å². The summed E-state index contributed by atoms with van der Waals surface area (Å²) in [5.74, 6) is 0.757. The van der Waals surface area contributed by atoms with Crippen LogP contribution in [0.2, 0.25) is 0 Å². The lowest BCUT2D eigenvalue weighted by Crippen LogP contribution is -2.16. The van der Waals surface area contributed by atoms with Gasteiger partial charge in [-0.2, -0.15) is 5.10 Å². The molecule has 0 radical (unpaired) electrons. The fourth-order valence-electron chi connectivity index (χ4n) is 1.42. The number of benzene rings is 1. The second kappa shape index (κ2) is 8.28. The largest absolute Gasteiger partial charge is 0.494 e. The molecule has 1 amide bonds. The lowest BCUT2D eigenvalue weighted by molar-refractivity contribution is -0.121. The summed E-state index contributed by atoms with van der Waals surface area (Å²) in [7, 11) is 0. The van der Waals surface area contributed by atoms with Crippen LogP contribution in [0.15, 0.2) is 29.4 Å². The Hall–Kier alpha value is -1.84. The Morgan fingerprint density at radius 1 is 1.44 bits per heavy atom. The fourth-order valence-corrected chi connectivity index (χ4v) is 1.42. The van der Waals surface area contributed by atoms with E-state index in [1.54, 1.807) is 6.21 Å². The molecule has 0 fully saturated rings. The van der Waals surface area contributed by atoms with E-state index in [1.807, 2.05) is 31.2 Å². The standard InChI is InChI=1S/C14H20N2O2/c1-3-5-9-14(17)16-15-11-12-7-6-8-13(10-12)18-4-2/h6-8,10-11H,3-5,9H2,1-2H3,(H,16,17)/b15-11+. The van der Waals surface area contributed by atoms with Gasteiger partial charge in [-0.05, 0) is 31.0 Å². The van der Waals surface area contributed by atoms with Gasteiger partial charge in [0, 0.05) is 6.42 Å². The summed E-state index contributed by atoms with van der Waals surface area (Å²) in [6.07, 6.45) is 4.04. The Balaban J connectivity index is 2.46. The van der Waals surface area contributed by atoms with Crippen LogP contribution < -0.4 is 10.2 Å². The van der Waals surface area contributed by atoms with E-state index < -0.39 is 0 Å². The van der Waals surface area contributed by atoms with Gasteiger partial charge in [-0.15, -0.1) is 0 Å². The third-order valence-corrected chi connectivity index (χ3v) is 2.33. The van der Waals surface area contributed by atoms with Crippen molar-refractivity contribution in [2.24, 2.45) is 5.10 Å². The molecule has 4 nitrogen and oxygen atoms in total. The zero-order valence-corrected chi connectivity index (χ0v) is 11.0. The average molecular weight is 248 g/mol. The molecule has 0 bridgehead atoms. The summed E-state index contributed by atoms with van der Waals surface area (Å²) < 4.78 is 5.38. The quantitative estimate of drug-likeness (QED) is 0.596. The molecule has 0 aliphatic heterocycles. The molecule has 0 aromatic heterocycles. The predicted molar refractivity (Wildman–Crippen MR) is 72.9 cm³/mol. The van der Waals surface area contributed by atoms with Gasteiger partial charge in [-0.25, -0.2) is 5.43 Å². The van der Waals surface area contributed by atoms with Crippen molar-refractivity contribution in [3.05, 3.63) is 29.8 Å². The van der Waals surface area contributed by atoms with Crippen molar-refractivity contribution in [1.29, 1.82) is 0 Å². The molecule has 0 unspecified atom stereocenters. The molecule has 1 N–H and O–H groups in total. The number of rotatable bonds is 7. The maximum atomic E-state index is 11.3. The third-order valence-electron chi connectivity index (χ3n) is 2.33. The second-order valence-electron chi connectivity index (χ2n) is 3.90. The van der Waals surface area contributed by atoms with Gasteiger partial charge in [-0.1, -0.05) is 25.5 Å². The SMILES string of the molecule is CCCCC(=O)N/N=C/c1cccc(OCC)c1. The van der Waals surface area contributed by atoms with Gasteiger partial charge in [0.2, 0.25) is 5.91 Å². The number of carbonyl (C=O) groups is 1. The van der Waals surface area contributed by atoms with E-state index in [4.69, 9.17) is 4.74 Å². The summed E-state index contributed by atoms with van der Waals surface area (Å²) in [4.78, 5) is 11.3. The number of hydrogen-bond acceptors (Lipinski definition) is 3. The number of unbranched alkanes of at least 4 members (excludes halogenated alkanes) is 1. The van der Waals surface area contributed by atoms with Crippen molar-refractivity contribution < 1.29 is 9.53 Å². The molecule has 0 atom stereocenters. The molecular formula is C14H20N2O2. The smallest absolute Gasteiger partial charge is 0.240 e. The summed E-state index contributed by atoms with van der Waals surface area (Å²) >= 11 is 0. The lowest BCUT2D eigenvalue weighted by Gasteiger charge is -2.03. The maximum Gasteiger partial charge on any atom is 0.240 e. The van der Waals surface area contributed by atoms with Crippen LogP contribution in [-0.4, -0.2) is 18.7 Å². The predicted octanol–water partition coefficient (Wildman–Crippen LogP) is 2.73. The molecule has 1 rings (SSSR count). The fraction of sp³-hybridized carbons (Fsp3) is 0.429. The van der Waals surface area contributed by atoms with Gasteiger partial charge >= 0.3 is 0 Å². The number of amides is 1. The van der Waals surface area contributed by atoms with E-state index in [2.05, 4.69) is 17.5 Å². The highest BCUT2D eigenvalue weighted by Crippen LogP contribution is 2.11. The molecule has 4 heteroatoms. The van der Waals surface area contributed by atoms with Crippen LogP contribution in [0.3, 0.4) is 0 Å². The lowest BCUT2D eigenvalue weighted by atomic mass is 10.2. The Labute approximate surface area is 108 Å². The molecule has 0 aliphatic rings. The van der Waals surface area contributed by atoms with Gasteiger partial charge in [0.15, 0.2) is 0 Å². The van der Waals surface area contributed by atoms with Crippen molar-refractivity contribution >= 4 is 12.1 Å². The molecule has 0 heterocycles. The summed E-state index contributed by atoms with van der Waals surface area (Å²) in [6, 6.07) is 7.57. The Kier molecular flexibility index (Phi) is 6.54. The molecule has 98 valence electrons. The highest BCUT2D eigenvalue weighted by atomic mass is 16.5. The van der Waals surface area contributed by atoms with Gasteiger partial charge < -0.3 is 4.74 Å². The first-order valence-corrected chi connectivity index (χ1v) is 6.31. The van der Waals surface area contributed by atoms with E-state index in [-0.39, 0.29) is 5.91 Å². The van der Waals surface area contributed by atoms with Crippen molar-refractivity contribution in [3.63, 3.8) is 0 Å². The van der Waals surface area contributed by atoms with Crippen LogP contribution in [0.5, 0.6) is 5.75 Å². The van der Waals surface area contributed by atoms with Gasteiger partial charge in [-0.3, -0.25) is 4.79 Å². The van der Waals surface area contributed by atoms with E-state index in [9.17, 15) is 4.79 Å². The van der Waals surface area contributed by atoms with E-state index in [0.29, 0.717) is 13.0 Å². The number of hydrazone groups is 1. The number of carbonyl (C=O) groups excluding carboxylic acids is 1. The first-order chi connectivity index (χ1) is 8.76. The van der Waals surface area contributed by atoms with Crippen molar-refractivity contribution in [2.45, 2.75) is 33.1 Å². The van der Waals surface area contributed by atoms with Crippen molar-refractivity contribution in [3.8, 4) is 5.75 Å². The van der Waals surface area contributed by atoms with Crippen molar-refractivity contribution in [2.75, 3.05) is 6.61 Å². The summed E-state index contributed by atoms with van der Waals surface area (Å²) in [5, 5.41) is 3.92. The topological polar surface area (TPSA) is 50.7 Å². The first-order valence-electron chi connectivity index (χ1n) is 6.31. The van der Waals surface area contributed by atoms with Crippen LogP contribution >= 0.6 is 0 Å². The number of nitrogens with zero attached hydrogens (tertiary/aromatic N) is 1. The van der Waals surface area contributed by atoms with Crippen molar-refractivity contribution in [1.82, 2.24) is 5.43 Å². The van der Waals surface area contributed by atoms with Crippen LogP contribution in [0.4, 0.5) is 0 Å². The molecule has 0 aliphatic carbocycles. The van der Waals surface area contributed by atoms with Crippen LogP contribution in [-0.2, 0) is 4.79 Å². The highest BCUT2D eigenvalue weighted by Gasteiger charge is 1.97. The molecule has 0 saturated carbocycles.